The molecule has 0 aliphatic rings. The van der Waals surface area contributed by atoms with Crippen LogP contribution in [0.25, 0.3) is 0 Å². The number of aliphatic carboxylic acids is 1. The lowest BCUT2D eigenvalue weighted by molar-refractivity contribution is -0.148. The zero-order valence-corrected chi connectivity index (χ0v) is 6.81. The molecule has 0 aromatic rings. The summed E-state index contributed by atoms with van der Waals surface area (Å²) in [6.45, 7) is 2.62. The summed E-state index contributed by atoms with van der Waals surface area (Å²) < 4.78 is 0. The highest BCUT2D eigenvalue weighted by atomic mass is 16.6. The van der Waals surface area contributed by atoms with Crippen LogP contribution < -0.4 is 0 Å². The largest absolute Gasteiger partial charge is 0.503 e. The molecule has 0 aliphatic carbocycles. The van der Waals surface area contributed by atoms with E-state index in [9.17, 15) is 4.79 Å². The maximum atomic E-state index is 10.1. The molecule has 0 heterocycles. The van der Waals surface area contributed by atoms with Crippen LogP contribution in [-0.2, 0) is 4.79 Å². The second-order valence-corrected chi connectivity index (χ2v) is 2.63. The Kier molecular flexibility index (Phi) is 5.94. The number of hydrogen-bond acceptors (Lipinski definition) is 3. The molecule has 4 N–H and O–H groups in total. The van der Waals surface area contributed by atoms with E-state index < -0.39 is 17.5 Å². The first-order chi connectivity index (χ1) is 5.24. The van der Waals surface area contributed by atoms with E-state index in [-0.39, 0.29) is 6.61 Å². The van der Waals surface area contributed by atoms with Crippen LogP contribution in [0, 0.1) is 5.41 Å². The molecule has 0 fully saturated rings. The van der Waals surface area contributed by atoms with Gasteiger partial charge in [-0.1, -0.05) is 0 Å². The van der Waals surface area contributed by atoms with Crippen LogP contribution in [0.5, 0.6) is 0 Å². The van der Waals surface area contributed by atoms with Gasteiger partial charge in [-0.2, -0.15) is 0 Å². The predicted octanol–water partition coefficient (Wildman–Crippen LogP) is 0.312. The molecule has 0 radical (unpaired) electrons. The zero-order valence-electron chi connectivity index (χ0n) is 6.81. The number of rotatable bonds is 2. The first-order valence-electron chi connectivity index (χ1n) is 3.00. The highest BCUT2D eigenvalue weighted by molar-refractivity contribution is 5.73. The monoisotopic (exact) mass is 180 g/mol. The fraction of sp³-hybridized carbons (Fsp3) is 0.667. The molecule has 0 aliphatic heterocycles. The Morgan fingerprint density at radius 2 is 1.42 bits per heavy atom. The van der Waals surface area contributed by atoms with Crippen molar-refractivity contribution in [2.24, 2.45) is 5.41 Å². The number of hydrogen-bond donors (Lipinski definition) is 4. The van der Waals surface area contributed by atoms with E-state index in [1.54, 1.807) is 0 Å². The Labute approximate surface area is 69.1 Å². The normalized spacial score (nSPS) is 9.58. The van der Waals surface area contributed by atoms with E-state index in [0.29, 0.717) is 0 Å². The smallest absolute Gasteiger partial charge is 0.481 e. The molecule has 0 aromatic heterocycles. The van der Waals surface area contributed by atoms with Crippen molar-refractivity contribution >= 4 is 12.1 Å². The third kappa shape index (κ3) is 8.70. The van der Waals surface area contributed by atoms with Gasteiger partial charge in [0.25, 0.3) is 0 Å². The predicted molar refractivity (Wildman–Crippen MR) is 39.2 cm³/mol. The minimum absolute atomic E-state index is 0.317. The number of aliphatic hydroxyl groups is 1. The lowest BCUT2D eigenvalue weighted by Gasteiger charge is -2.13. The molecule has 12 heavy (non-hydrogen) atoms. The van der Waals surface area contributed by atoms with Crippen LogP contribution in [0.3, 0.4) is 0 Å². The molecule has 0 aromatic carbocycles. The van der Waals surface area contributed by atoms with Crippen LogP contribution in [-0.4, -0.2) is 39.2 Å². The van der Waals surface area contributed by atoms with Crippen LogP contribution in [0.1, 0.15) is 13.8 Å². The summed E-state index contributed by atoms with van der Waals surface area (Å²) in [5.41, 5.74) is -0.986. The second-order valence-electron chi connectivity index (χ2n) is 2.63. The van der Waals surface area contributed by atoms with Crippen molar-refractivity contribution in [1.82, 2.24) is 0 Å². The van der Waals surface area contributed by atoms with E-state index in [2.05, 4.69) is 0 Å². The van der Waals surface area contributed by atoms with Crippen molar-refractivity contribution in [3.63, 3.8) is 0 Å². The lowest BCUT2D eigenvalue weighted by Crippen LogP contribution is -2.27. The quantitative estimate of drug-likeness (QED) is 0.486. The summed E-state index contributed by atoms with van der Waals surface area (Å²) >= 11 is 0. The Morgan fingerprint density at radius 1 is 1.17 bits per heavy atom. The van der Waals surface area contributed by atoms with Crippen molar-refractivity contribution < 1.29 is 30.0 Å². The first kappa shape index (κ1) is 13.3. The standard InChI is InChI=1S/C5H10O3.CH2O3/c1-5(2,3-6)4(7)8;2-1(3)4/h6H,3H2,1-2H3,(H,7,8);(H2,2,3,4). The summed E-state index contributed by atoms with van der Waals surface area (Å²) in [6, 6.07) is 0. The van der Waals surface area contributed by atoms with Gasteiger partial charge in [-0.05, 0) is 13.8 Å². The third-order valence-electron chi connectivity index (χ3n) is 0.974. The van der Waals surface area contributed by atoms with Gasteiger partial charge in [0.1, 0.15) is 0 Å². The first-order valence-corrected chi connectivity index (χ1v) is 3.00. The van der Waals surface area contributed by atoms with Crippen LogP contribution in [0.2, 0.25) is 0 Å². The minimum atomic E-state index is -1.83. The molecule has 0 saturated heterocycles. The average Bonchev–Trinajstić information content (AvgIpc) is 1.86. The number of carbonyl (C=O) groups is 2. The van der Waals surface area contributed by atoms with Crippen LogP contribution in [0.4, 0.5) is 4.79 Å². The molecule has 6 nitrogen and oxygen atoms in total. The van der Waals surface area contributed by atoms with Gasteiger partial charge in [0.05, 0.1) is 12.0 Å². The highest BCUT2D eigenvalue weighted by Gasteiger charge is 2.25. The van der Waals surface area contributed by atoms with E-state index >= 15 is 0 Å². The number of carboxylic acids is 1. The molecule has 0 atom stereocenters. The summed E-state index contributed by atoms with van der Waals surface area (Å²) in [5.74, 6) is -0.972. The SMILES string of the molecule is CC(C)(CO)C(=O)O.O=C(O)O. The van der Waals surface area contributed by atoms with Gasteiger partial charge in [0.15, 0.2) is 0 Å². The van der Waals surface area contributed by atoms with Gasteiger partial charge in [0.2, 0.25) is 0 Å². The van der Waals surface area contributed by atoms with Gasteiger partial charge < -0.3 is 20.4 Å². The summed E-state index contributed by atoms with van der Waals surface area (Å²) in [4.78, 5) is 18.6. The molecule has 0 saturated carbocycles. The van der Waals surface area contributed by atoms with Gasteiger partial charge >= 0.3 is 12.1 Å². The molecule has 0 rings (SSSR count). The van der Waals surface area contributed by atoms with Crippen molar-refractivity contribution in [3.05, 3.63) is 0 Å². The molecule has 0 bridgehead atoms. The van der Waals surface area contributed by atoms with Crippen molar-refractivity contribution in [1.29, 1.82) is 0 Å². The molecule has 0 unspecified atom stereocenters. The van der Waals surface area contributed by atoms with E-state index in [0.717, 1.165) is 0 Å². The van der Waals surface area contributed by atoms with Crippen LogP contribution in [0.15, 0.2) is 0 Å². The summed E-state index contributed by atoms with van der Waals surface area (Å²) in [6.07, 6.45) is -1.83. The van der Waals surface area contributed by atoms with E-state index in [1.165, 1.54) is 13.8 Å². The molecule has 6 heteroatoms. The summed E-state index contributed by atoms with van der Waals surface area (Å²) in [7, 11) is 0. The molecule has 0 amide bonds. The van der Waals surface area contributed by atoms with Gasteiger partial charge in [0, 0.05) is 0 Å². The van der Waals surface area contributed by atoms with Gasteiger partial charge in [-0.15, -0.1) is 0 Å². The van der Waals surface area contributed by atoms with Gasteiger partial charge in [-0.25, -0.2) is 4.79 Å². The average molecular weight is 180 g/mol. The topological polar surface area (TPSA) is 115 Å². The van der Waals surface area contributed by atoms with Crippen molar-refractivity contribution in [2.75, 3.05) is 6.61 Å². The number of carboxylic acid groups (broad SMARTS) is 3. The van der Waals surface area contributed by atoms with Crippen molar-refractivity contribution in [3.8, 4) is 0 Å². The third-order valence-corrected chi connectivity index (χ3v) is 0.974. The molecular formula is C6H12O6. The molecule has 0 spiro atoms. The molecule has 72 valence electrons. The fourth-order valence-corrected chi connectivity index (χ4v) is 0.0676. The number of aliphatic hydroxyl groups excluding tert-OH is 1. The molecular weight excluding hydrogens is 168 g/mol. The Hall–Kier alpha value is -1.30. The Morgan fingerprint density at radius 3 is 1.42 bits per heavy atom. The maximum Gasteiger partial charge on any atom is 0.503 e. The second kappa shape index (κ2) is 5.36. The lowest BCUT2D eigenvalue weighted by atomic mass is 9.96. The van der Waals surface area contributed by atoms with E-state index in [4.69, 9.17) is 25.2 Å². The Balaban J connectivity index is 0. The van der Waals surface area contributed by atoms with Gasteiger partial charge in [-0.3, -0.25) is 4.79 Å². The zero-order chi connectivity index (χ0) is 10.4. The van der Waals surface area contributed by atoms with Crippen LogP contribution >= 0.6 is 0 Å². The Bertz CT molecular complexity index is 157. The summed E-state index contributed by atoms with van der Waals surface area (Å²) in [5, 5.41) is 30.6. The highest BCUT2D eigenvalue weighted by Crippen LogP contribution is 2.12. The maximum absolute atomic E-state index is 10.1. The minimum Gasteiger partial charge on any atom is -0.481 e. The van der Waals surface area contributed by atoms with E-state index in [1.807, 2.05) is 0 Å². The fourth-order valence-electron chi connectivity index (χ4n) is 0.0676. The van der Waals surface area contributed by atoms with Crippen molar-refractivity contribution in [2.45, 2.75) is 13.8 Å².